The van der Waals surface area contributed by atoms with Crippen molar-refractivity contribution in [2.24, 2.45) is 0 Å². The van der Waals surface area contributed by atoms with Crippen LogP contribution in [0.25, 0.3) is 0 Å². The van der Waals surface area contributed by atoms with E-state index in [1.807, 2.05) is 12.3 Å². The van der Waals surface area contributed by atoms with Crippen LogP contribution in [0.15, 0.2) is 18.3 Å². The number of thioether (sulfide) groups is 1. The summed E-state index contributed by atoms with van der Waals surface area (Å²) in [5.74, 6) is 0. The smallest absolute Gasteiger partial charge is 0.129 e. The first-order valence-corrected chi connectivity index (χ1v) is 6.94. The zero-order valence-electron chi connectivity index (χ0n) is 9.69. The zero-order chi connectivity index (χ0) is 11.5. The highest BCUT2D eigenvalue weighted by Gasteiger charge is 2.21. The maximum atomic E-state index is 5.77. The fraction of sp³-hybridized carbons (Fsp3) is 0.583. The van der Waals surface area contributed by atoms with E-state index >= 15 is 0 Å². The van der Waals surface area contributed by atoms with Crippen molar-refractivity contribution in [1.82, 2.24) is 9.88 Å². The molecule has 1 aliphatic heterocycles. The molecule has 1 aromatic rings. The first-order valence-electron chi connectivity index (χ1n) is 5.61. The van der Waals surface area contributed by atoms with Crippen LogP contribution in [0.1, 0.15) is 19.4 Å². The van der Waals surface area contributed by atoms with Crippen molar-refractivity contribution >= 4 is 23.4 Å². The summed E-state index contributed by atoms with van der Waals surface area (Å²) in [5.41, 5.74) is 1.25. The number of nitrogens with zero attached hydrogens (tertiary/aromatic N) is 2. The van der Waals surface area contributed by atoms with Gasteiger partial charge in [-0.3, -0.25) is 4.90 Å². The topological polar surface area (TPSA) is 16.1 Å². The van der Waals surface area contributed by atoms with Crippen molar-refractivity contribution in [2.45, 2.75) is 30.9 Å². The molecule has 2 heterocycles. The van der Waals surface area contributed by atoms with E-state index < -0.39 is 0 Å². The lowest BCUT2D eigenvalue weighted by Crippen LogP contribution is -2.39. The molecule has 1 aliphatic rings. The van der Waals surface area contributed by atoms with Crippen LogP contribution in [0.4, 0.5) is 0 Å². The Labute approximate surface area is 106 Å². The van der Waals surface area contributed by atoms with Crippen LogP contribution < -0.4 is 0 Å². The Hall–Kier alpha value is -0.250. The third-order valence-corrected chi connectivity index (χ3v) is 4.14. The average Bonchev–Trinajstić information content (AvgIpc) is 2.20. The Balaban J connectivity index is 1.96. The highest BCUT2D eigenvalue weighted by molar-refractivity contribution is 8.00. The second kappa shape index (κ2) is 5.39. The Bertz CT molecular complexity index is 331. The van der Waals surface area contributed by atoms with Gasteiger partial charge in [0, 0.05) is 36.3 Å². The molecule has 4 heteroatoms. The van der Waals surface area contributed by atoms with Crippen molar-refractivity contribution < 1.29 is 0 Å². The lowest BCUT2D eigenvalue weighted by Gasteiger charge is -2.34. The van der Waals surface area contributed by atoms with Crippen LogP contribution in [0.2, 0.25) is 5.15 Å². The van der Waals surface area contributed by atoms with Gasteiger partial charge in [0.2, 0.25) is 0 Å². The molecule has 2 atom stereocenters. The van der Waals surface area contributed by atoms with E-state index in [2.05, 4.69) is 41.6 Å². The van der Waals surface area contributed by atoms with Crippen molar-refractivity contribution in [1.29, 1.82) is 0 Å². The standard InChI is InChI=1S/C12H17ClN2S/c1-9-6-15(7-10(2)16-9)8-11-3-4-12(13)14-5-11/h3-5,9-10H,6-8H2,1-2H3. The van der Waals surface area contributed by atoms with Gasteiger partial charge in [0.25, 0.3) is 0 Å². The minimum atomic E-state index is 0.569. The molecule has 16 heavy (non-hydrogen) atoms. The second-order valence-electron chi connectivity index (χ2n) is 4.44. The number of halogens is 1. The minimum absolute atomic E-state index is 0.569. The van der Waals surface area contributed by atoms with Gasteiger partial charge in [-0.1, -0.05) is 31.5 Å². The normalized spacial score (nSPS) is 26.9. The van der Waals surface area contributed by atoms with E-state index in [-0.39, 0.29) is 0 Å². The highest BCUT2D eigenvalue weighted by atomic mass is 35.5. The third kappa shape index (κ3) is 3.37. The van der Waals surface area contributed by atoms with Gasteiger partial charge < -0.3 is 0 Å². The molecule has 1 aromatic heterocycles. The Kier molecular flexibility index (Phi) is 4.11. The fourth-order valence-electron chi connectivity index (χ4n) is 2.17. The van der Waals surface area contributed by atoms with Crippen LogP contribution in [0, 0.1) is 0 Å². The lowest BCUT2D eigenvalue weighted by atomic mass is 10.2. The van der Waals surface area contributed by atoms with Crippen molar-refractivity contribution in [2.75, 3.05) is 13.1 Å². The van der Waals surface area contributed by atoms with E-state index in [9.17, 15) is 0 Å². The molecule has 2 unspecified atom stereocenters. The summed E-state index contributed by atoms with van der Waals surface area (Å²) in [5, 5.41) is 2.02. The fourth-order valence-corrected chi connectivity index (χ4v) is 3.67. The predicted molar refractivity (Wildman–Crippen MR) is 71.0 cm³/mol. The molecule has 1 fully saturated rings. The van der Waals surface area contributed by atoms with Gasteiger partial charge in [0.05, 0.1) is 0 Å². The Morgan fingerprint density at radius 3 is 2.62 bits per heavy atom. The summed E-state index contributed by atoms with van der Waals surface area (Å²) in [6.45, 7) is 7.91. The molecule has 0 saturated carbocycles. The van der Waals surface area contributed by atoms with Crippen LogP contribution in [-0.4, -0.2) is 33.5 Å². The van der Waals surface area contributed by atoms with Crippen molar-refractivity contribution in [3.8, 4) is 0 Å². The SMILES string of the molecule is CC1CN(Cc2ccc(Cl)nc2)CC(C)S1. The molecule has 0 aromatic carbocycles. The molecule has 0 amide bonds. The molecule has 1 saturated heterocycles. The van der Waals surface area contributed by atoms with Gasteiger partial charge >= 0.3 is 0 Å². The van der Waals surface area contributed by atoms with E-state index in [0.29, 0.717) is 5.15 Å². The van der Waals surface area contributed by atoms with E-state index in [1.54, 1.807) is 0 Å². The largest absolute Gasteiger partial charge is 0.297 e. The maximum absolute atomic E-state index is 5.77. The van der Waals surface area contributed by atoms with Gasteiger partial charge in [-0.15, -0.1) is 0 Å². The van der Waals surface area contributed by atoms with Gasteiger partial charge in [0.1, 0.15) is 5.15 Å². The van der Waals surface area contributed by atoms with Crippen LogP contribution in [-0.2, 0) is 6.54 Å². The molecular formula is C12H17ClN2S. The predicted octanol–water partition coefficient (Wildman–Crippen LogP) is 3.06. The second-order valence-corrected chi connectivity index (χ2v) is 6.71. The number of rotatable bonds is 2. The summed E-state index contributed by atoms with van der Waals surface area (Å²) in [4.78, 5) is 6.61. The van der Waals surface area contributed by atoms with Gasteiger partial charge in [-0.05, 0) is 11.6 Å². The molecule has 0 radical (unpaired) electrons. The number of hydrogen-bond donors (Lipinski definition) is 0. The van der Waals surface area contributed by atoms with Crippen LogP contribution >= 0.6 is 23.4 Å². The number of pyridine rings is 1. The highest BCUT2D eigenvalue weighted by Crippen LogP contribution is 2.25. The monoisotopic (exact) mass is 256 g/mol. The number of hydrogen-bond acceptors (Lipinski definition) is 3. The van der Waals surface area contributed by atoms with E-state index in [1.165, 1.54) is 5.56 Å². The van der Waals surface area contributed by atoms with Gasteiger partial charge in [0.15, 0.2) is 0 Å². The van der Waals surface area contributed by atoms with E-state index in [4.69, 9.17) is 11.6 Å². The Morgan fingerprint density at radius 2 is 2.06 bits per heavy atom. The minimum Gasteiger partial charge on any atom is -0.297 e. The summed E-state index contributed by atoms with van der Waals surface area (Å²) in [6.07, 6.45) is 1.87. The van der Waals surface area contributed by atoms with Crippen molar-refractivity contribution in [3.63, 3.8) is 0 Å². The molecule has 0 aliphatic carbocycles. The van der Waals surface area contributed by atoms with Gasteiger partial charge in [-0.25, -0.2) is 4.98 Å². The molecule has 0 N–H and O–H groups in total. The molecule has 2 rings (SSSR count). The molecule has 0 bridgehead atoms. The third-order valence-electron chi connectivity index (χ3n) is 2.69. The summed E-state index contributed by atoms with van der Waals surface area (Å²) in [6, 6.07) is 3.93. The molecular weight excluding hydrogens is 240 g/mol. The molecule has 88 valence electrons. The number of aromatic nitrogens is 1. The van der Waals surface area contributed by atoms with Crippen LogP contribution in [0.5, 0.6) is 0 Å². The summed E-state index contributed by atoms with van der Waals surface area (Å²) in [7, 11) is 0. The quantitative estimate of drug-likeness (QED) is 0.757. The maximum Gasteiger partial charge on any atom is 0.129 e. The summed E-state index contributed by atoms with van der Waals surface area (Å²) >= 11 is 7.85. The lowest BCUT2D eigenvalue weighted by molar-refractivity contribution is 0.262. The summed E-state index contributed by atoms with van der Waals surface area (Å²) < 4.78 is 0. The zero-order valence-corrected chi connectivity index (χ0v) is 11.3. The molecule has 2 nitrogen and oxygen atoms in total. The van der Waals surface area contributed by atoms with Crippen LogP contribution in [0.3, 0.4) is 0 Å². The van der Waals surface area contributed by atoms with E-state index in [0.717, 1.165) is 30.1 Å². The first kappa shape index (κ1) is 12.2. The first-order chi connectivity index (χ1) is 7.63. The molecule has 0 spiro atoms. The van der Waals surface area contributed by atoms with Crippen molar-refractivity contribution in [3.05, 3.63) is 29.0 Å². The average molecular weight is 257 g/mol. The van der Waals surface area contributed by atoms with Gasteiger partial charge in [-0.2, -0.15) is 11.8 Å². The Morgan fingerprint density at radius 1 is 1.38 bits per heavy atom.